The van der Waals surface area contributed by atoms with Gasteiger partial charge in [0.1, 0.15) is 30.3 Å². The Hall–Kier alpha value is -2.23. The molecule has 0 saturated heterocycles. The third-order valence-electron chi connectivity index (χ3n) is 2.30. The summed E-state index contributed by atoms with van der Waals surface area (Å²) in [6.07, 6.45) is 3.16. The summed E-state index contributed by atoms with van der Waals surface area (Å²) in [6, 6.07) is 3.27. The molecule has 0 bridgehead atoms. The molecule has 1 rings (SSSR count). The Morgan fingerprint density at radius 2 is 1.72 bits per heavy atom. The van der Waals surface area contributed by atoms with Gasteiger partial charge in [0.2, 0.25) is 0 Å². The molecule has 4 nitrogen and oxygen atoms in total. The van der Waals surface area contributed by atoms with Crippen molar-refractivity contribution in [3.63, 3.8) is 0 Å². The van der Waals surface area contributed by atoms with Crippen LogP contribution in [-0.4, -0.2) is 24.3 Å². The van der Waals surface area contributed by atoms with E-state index in [9.17, 15) is 9.90 Å². The van der Waals surface area contributed by atoms with Crippen molar-refractivity contribution in [3.05, 3.63) is 48.6 Å². The van der Waals surface area contributed by atoms with Crippen molar-refractivity contribution in [2.24, 2.45) is 0 Å². The van der Waals surface area contributed by atoms with Gasteiger partial charge in [-0.25, -0.2) is 4.79 Å². The zero-order chi connectivity index (χ0) is 13.5. The molecular formula is C14H16O4. The molecule has 0 spiro atoms. The molecule has 0 radical (unpaired) electrons. The summed E-state index contributed by atoms with van der Waals surface area (Å²) in [5, 5.41) is 9.21. The van der Waals surface area contributed by atoms with Gasteiger partial charge < -0.3 is 14.6 Å². The van der Waals surface area contributed by atoms with Gasteiger partial charge in [-0.15, -0.1) is 0 Å². The van der Waals surface area contributed by atoms with Crippen LogP contribution in [0.5, 0.6) is 11.5 Å². The van der Waals surface area contributed by atoms with Crippen LogP contribution >= 0.6 is 0 Å². The molecule has 0 unspecified atom stereocenters. The smallest absolute Gasteiger partial charge is 0.339 e. The van der Waals surface area contributed by atoms with Crippen molar-refractivity contribution < 1.29 is 19.4 Å². The van der Waals surface area contributed by atoms with Gasteiger partial charge in [0.05, 0.1) is 0 Å². The topological polar surface area (TPSA) is 55.8 Å². The van der Waals surface area contributed by atoms with E-state index in [1.54, 1.807) is 31.2 Å². The van der Waals surface area contributed by atoms with E-state index in [2.05, 4.69) is 13.2 Å². The average Bonchev–Trinajstić information content (AvgIpc) is 2.34. The van der Waals surface area contributed by atoms with Gasteiger partial charge in [0, 0.05) is 5.56 Å². The van der Waals surface area contributed by atoms with Crippen LogP contribution in [0.2, 0.25) is 0 Å². The number of benzene rings is 1. The van der Waals surface area contributed by atoms with Crippen molar-refractivity contribution >= 4 is 5.97 Å². The lowest BCUT2D eigenvalue weighted by Crippen LogP contribution is -2.07. The maximum atomic E-state index is 11.3. The second-order valence-electron chi connectivity index (χ2n) is 3.57. The molecule has 0 saturated carbocycles. The SMILES string of the molecule is C=CCOc1ccc(OCC=C)c(C(=O)O)c1C. The second kappa shape index (κ2) is 6.49. The van der Waals surface area contributed by atoms with E-state index in [1.807, 2.05) is 0 Å². The lowest BCUT2D eigenvalue weighted by atomic mass is 10.1. The van der Waals surface area contributed by atoms with Crippen LogP contribution in [0.3, 0.4) is 0 Å². The zero-order valence-electron chi connectivity index (χ0n) is 10.3. The summed E-state index contributed by atoms with van der Waals surface area (Å²) in [6.45, 7) is 9.33. The predicted molar refractivity (Wildman–Crippen MR) is 69.5 cm³/mol. The van der Waals surface area contributed by atoms with Crippen molar-refractivity contribution in [2.45, 2.75) is 6.92 Å². The Morgan fingerprint density at radius 3 is 2.22 bits per heavy atom. The number of aromatic carboxylic acids is 1. The Morgan fingerprint density at radius 1 is 1.22 bits per heavy atom. The maximum absolute atomic E-state index is 11.3. The van der Waals surface area contributed by atoms with Crippen LogP contribution in [0.1, 0.15) is 15.9 Å². The zero-order valence-corrected chi connectivity index (χ0v) is 10.3. The Labute approximate surface area is 106 Å². The normalized spacial score (nSPS) is 9.61. The quantitative estimate of drug-likeness (QED) is 0.754. The Kier molecular flexibility index (Phi) is 4.99. The number of carbonyl (C=O) groups is 1. The summed E-state index contributed by atoms with van der Waals surface area (Å²) in [7, 11) is 0. The highest BCUT2D eigenvalue weighted by atomic mass is 16.5. The number of carboxylic acid groups (broad SMARTS) is 1. The molecule has 0 amide bonds. The molecule has 1 N–H and O–H groups in total. The molecule has 0 aliphatic heterocycles. The summed E-state index contributed by atoms with van der Waals surface area (Å²) in [5.74, 6) is -0.222. The van der Waals surface area contributed by atoms with Gasteiger partial charge in [-0.2, -0.15) is 0 Å². The van der Waals surface area contributed by atoms with Gasteiger partial charge in [0.25, 0.3) is 0 Å². The molecule has 1 aromatic rings. The first-order valence-electron chi connectivity index (χ1n) is 5.46. The standard InChI is InChI=1S/C14H16O4/c1-4-8-17-11-6-7-12(18-9-5-2)13(10(11)3)14(15)16/h4-7H,1-2,8-9H2,3H3,(H,15,16). The Bertz CT molecular complexity index is 463. The van der Waals surface area contributed by atoms with Crippen molar-refractivity contribution in [1.29, 1.82) is 0 Å². The summed E-state index contributed by atoms with van der Waals surface area (Å²) in [5.41, 5.74) is 0.643. The minimum Gasteiger partial charge on any atom is -0.489 e. The summed E-state index contributed by atoms with van der Waals surface area (Å²) >= 11 is 0. The highest BCUT2D eigenvalue weighted by Gasteiger charge is 2.18. The van der Waals surface area contributed by atoms with Gasteiger partial charge in [-0.05, 0) is 19.1 Å². The number of hydrogen-bond donors (Lipinski definition) is 1. The van der Waals surface area contributed by atoms with Crippen LogP contribution in [-0.2, 0) is 0 Å². The summed E-state index contributed by atoms with van der Waals surface area (Å²) < 4.78 is 10.7. The first-order chi connectivity index (χ1) is 8.61. The number of ether oxygens (including phenoxy) is 2. The second-order valence-corrected chi connectivity index (χ2v) is 3.57. The van der Waals surface area contributed by atoms with E-state index in [1.165, 1.54) is 0 Å². The van der Waals surface area contributed by atoms with Crippen molar-refractivity contribution in [1.82, 2.24) is 0 Å². The average molecular weight is 248 g/mol. The van der Waals surface area contributed by atoms with Crippen molar-refractivity contribution in [3.8, 4) is 11.5 Å². The van der Waals surface area contributed by atoms with Crippen LogP contribution in [0.15, 0.2) is 37.4 Å². The van der Waals surface area contributed by atoms with Crippen LogP contribution in [0.4, 0.5) is 0 Å². The van der Waals surface area contributed by atoms with Gasteiger partial charge in [-0.1, -0.05) is 25.3 Å². The first-order valence-corrected chi connectivity index (χ1v) is 5.46. The molecule has 0 aromatic heterocycles. The largest absolute Gasteiger partial charge is 0.489 e. The van der Waals surface area contributed by atoms with Crippen molar-refractivity contribution in [2.75, 3.05) is 13.2 Å². The van der Waals surface area contributed by atoms with E-state index in [4.69, 9.17) is 9.47 Å². The molecule has 96 valence electrons. The fourth-order valence-electron chi connectivity index (χ4n) is 1.51. The molecular weight excluding hydrogens is 232 g/mol. The Balaban J connectivity index is 3.14. The molecule has 0 aliphatic rings. The summed E-state index contributed by atoms with van der Waals surface area (Å²) in [4.78, 5) is 11.3. The fourth-order valence-corrected chi connectivity index (χ4v) is 1.51. The predicted octanol–water partition coefficient (Wildman–Crippen LogP) is 2.82. The lowest BCUT2D eigenvalue weighted by molar-refractivity contribution is 0.0691. The van der Waals surface area contributed by atoms with Crippen LogP contribution in [0.25, 0.3) is 0 Å². The van der Waals surface area contributed by atoms with E-state index < -0.39 is 5.97 Å². The van der Waals surface area contributed by atoms with Gasteiger partial charge in [0.15, 0.2) is 0 Å². The monoisotopic (exact) mass is 248 g/mol. The molecule has 0 heterocycles. The molecule has 4 heteroatoms. The number of carboxylic acids is 1. The molecule has 0 aliphatic carbocycles. The maximum Gasteiger partial charge on any atom is 0.339 e. The molecule has 18 heavy (non-hydrogen) atoms. The van der Waals surface area contributed by atoms with E-state index >= 15 is 0 Å². The highest BCUT2D eigenvalue weighted by molar-refractivity contribution is 5.93. The minimum absolute atomic E-state index is 0.110. The third-order valence-corrected chi connectivity index (χ3v) is 2.30. The lowest BCUT2D eigenvalue weighted by Gasteiger charge is -2.13. The fraction of sp³-hybridized carbons (Fsp3) is 0.214. The van der Waals surface area contributed by atoms with Gasteiger partial charge >= 0.3 is 5.97 Å². The van der Waals surface area contributed by atoms with E-state index in [0.29, 0.717) is 23.7 Å². The first kappa shape index (κ1) is 13.8. The molecule has 0 fully saturated rings. The highest BCUT2D eigenvalue weighted by Crippen LogP contribution is 2.30. The van der Waals surface area contributed by atoms with Gasteiger partial charge in [-0.3, -0.25) is 0 Å². The third kappa shape index (κ3) is 3.13. The van der Waals surface area contributed by atoms with Crippen LogP contribution in [0, 0.1) is 6.92 Å². The number of rotatable bonds is 7. The molecule has 0 atom stereocenters. The minimum atomic E-state index is -1.05. The molecule has 1 aromatic carbocycles. The number of hydrogen-bond acceptors (Lipinski definition) is 3. The van der Waals surface area contributed by atoms with E-state index in [0.717, 1.165) is 0 Å². The van der Waals surface area contributed by atoms with E-state index in [-0.39, 0.29) is 12.2 Å². The van der Waals surface area contributed by atoms with Crippen LogP contribution < -0.4 is 9.47 Å².